The maximum atomic E-state index is 10.9. The molecule has 2 rings (SSSR count). The van der Waals surface area contributed by atoms with Crippen molar-refractivity contribution < 1.29 is 4.92 Å². The zero-order chi connectivity index (χ0) is 14.0. The van der Waals surface area contributed by atoms with E-state index < -0.39 is 4.92 Å². The van der Waals surface area contributed by atoms with Gasteiger partial charge < -0.3 is 5.73 Å². The molecule has 0 aromatic heterocycles. The lowest BCUT2D eigenvalue weighted by Crippen LogP contribution is -2.01. The topological polar surface area (TPSA) is 69.2 Å². The highest BCUT2D eigenvalue weighted by Gasteiger charge is 2.17. The van der Waals surface area contributed by atoms with E-state index in [1.165, 1.54) is 6.07 Å². The van der Waals surface area contributed by atoms with Gasteiger partial charge >= 0.3 is 0 Å². The van der Waals surface area contributed by atoms with E-state index in [1.54, 1.807) is 18.2 Å². The Hall–Kier alpha value is -2.07. The number of benzene rings is 2. The highest BCUT2D eigenvalue weighted by Crippen LogP contribution is 2.33. The van der Waals surface area contributed by atoms with Crippen LogP contribution in [0.3, 0.4) is 0 Å². The number of hydrogen-bond acceptors (Lipinski definition) is 3. The summed E-state index contributed by atoms with van der Waals surface area (Å²) in [5.41, 5.74) is 7.43. The monoisotopic (exact) mass is 276 g/mol. The summed E-state index contributed by atoms with van der Waals surface area (Å²) in [4.78, 5) is 10.4. The minimum Gasteiger partial charge on any atom is -0.393 e. The molecule has 0 heterocycles. The number of rotatable bonds is 3. The largest absolute Gasteiger partial charge is 0.393 e. The van der Waals surface area contributed by atoms with E-state index in [0.717, 1.165) is 11.1 Å². The van der Waals surface area contributed by atoms with Gasteiger partial charge in [-0.2, -0.15) is 0 Å². The Morgan fingerprint density at radius 1 is 1.26 bits per heavy atom. The van der Waals surface area contributed by atoms with Crippen molar-refractivity contribution in [2.45, 2.75) is 12.8 Å². The Labute approximate surface area is 116 Å². The Morgan fingerprint density at radius 2 is 1.95 bits per heavy atom. The standard InChI is InChI=1S/C14H13ClN2O2/c1-9(11-4-2-3-5-12(11)15)10-6-7-13(16)14(8-10)17(18)19/h2-9H,16H2,1H3. The second kappa shape index (κ2) is 5.28. The molecule has 1 atom stereocenters. The van der Waals surface area contributed by atoms with Crippen molar-refractivity contribution in [3.63, 3.8) is 0 Å². The number of hydrogen-bond donors (Lipinski definition) is 1. The van der Waals surface area contributed by atoms with Crippen molar-refractivity contribution >= 4 is 23.0 Å². The SMILES string of the molecule is CC(c1ccc(N)c([N+](=O)[O-])c1)c1ccccc1Cl. The van der Waals surface area contributed by atoms with Gasteiger partial charge in [-0.05, 0) is 23.3 Å². The number of halogens is 1. The van der Waals surface area contributed by atoms with Crippen molar-refractivity contribution in [1.82, 2.24) is 0 Å². The van der Waals surface area contributed by atoms with Gasteiger partial charge in [0, 0.05) is 17.0 Å². The summed E-state index contributed by atoms with van der Waals surface area (Å²) in [6.45, 7) is 1.95. The van der Waals surface area contributed by atoms with Gasteiger partial charge in [0.2, 0.25) is 0 Å². The lowest BCUT2D eigenvalue weighted by atomic mass is 9.92. The summed E-state index contributed by atoms with van der Waals surface area (Å²) in [5, 5.41) is 11.5. The predicted octanol–water partition coefficient (Wildman–Crippen LogP) is 3.98. The number of nitrogens with zero attached hydrogens (tertiary/aromatic N) is 1. The van der Waals surface area contributed by atoms with E-state index in [-0.39, 0.29) is 17.3 Å². The van der Waals surface area contributed by atoms with E-state index in [2.05, 4.69) is 0 Å². The van der Waals surface area contributed by atoms with Crippen molar-refractivity contribution in [3.8, 4) is 0 Å². The number of nitrogen functional groups attached to an aromatic ring is 1. The van der Waals surface area contributed by atoms with Crippen LogP contribution in [-0.2, 0) is 0 Å². The minimum absolute atomic E-state index is 0.0343. The van der Waals surface area contributed by atoms with Gasteiger partial charge in [-0.25, -0.2) is 0 Å². The Morgan fingerprint density at radius 3 is 2.58 bits per heavy atom. The van der Waals surface area contributed by atoms with Gasteiger partial charge in [-0.3, -0.25) is 10.1 Å². The molecule has 0 amide bonds. The predicted molar refractivity (Wildman–Crippen MR) is 76.5 cm³/mol. The van der Waals surface area contributed by atoms with Crippen molar-refractivity contribution in [2.24, 2.45) is 0 Å². The second-order valence-corrected chi connectivity index (χ2v) is 4.73. The Kier molecular flexibility index (Phi) is 3.71. The van der Waals surface area contributed by atoms with Gasteiger partial charge in [0.25, 0.3) is 5.69 Å². The van der Waals surface area contributed by atoms with Crippen LogP contribution in [0.1, 0.15) is 24.0 Å². The average Bonchev–Trinajstić information content (AvgIpc) is 2.38. The molecule has 19 heavy (non-hydrogen) atoms. The van der Waals surface area contributed by atoms with Gasteiger partial charge in [-0.1, -0.05) is 42.8 Å². The third kappa shape index (κ3) is 2.69. The molecule has 0 saturated carbocycles. The minimum atomic E-state index is -0.474. The molecule has 0 fully saturated rings. The lowest BCUT2D eigenvalue weighted by Gasteiger charge is -2.14. The summed E-state index contributed by atoms with van der Waals surface area (Å²) in [5.74, 6) is -0.0343. The van der Waals surface area contributed by atoms with Crippen molar-refractivity contribution in [2.75, 3.05) is 5.73 Å². The van der Waals surface area contributed by atoms with Crippen LogP contribution in [0.25, 0.3) is 0 Å². The zero-order valence-electron chi connectivity index (χ0n) is 10.3. The molecule has 5 heteroatoms. The number of anilines is 1. The van der Waals surface area contributed by atoms with Crippen molar-refractivity contribution in [1.29, 1.82) is 0 Å². The van der Waals surface area contributed by atoms with Crippen LogP contribution in [-0.4, -0.2) is 4.92 Å². The van der Waals surface area contributed by atoms with E-state index in [1.807, 2.05) is 25.1 Å². The fraction of sp³-hybridized carbons (Fsp3) is 0.143. The molecule has 0 spiro atoms. The third-order valence-electron chi connectivity index (χ3n) is 3.12. The average molecular weight is 277 g/mol. The van der Waals surface area contributed by atoms with Crippen LogP contribution in [0.4, 0.5) is 11.4 Å². The van der Waals surface area contributed by atoms with Gasteiger partial charge in [0.1, 0.15) is 5.69 Å². The first-order valence-electron chi connectivity index (χ1n) is 5.79. The van der Waals surface area contributed by atoms with E-state index in [9.17, 15) is 10.1 Å². The molecular formula is C14H13ClN2O2. The zero-order valence-corrected chi connectivity index (χ0v) is 11.1. The molecular weight excluding hydrogens is 264 g/mol. The second-order valence-electron chi connectivity index (χ2n) is 4.32. The Balaban J connectivity index is 2.45. The van der Waals surface area contributed by atoms with Crippen LogP contribution in [0, 0.1) is 10.1 Å². The summed E-state index contributed by atoms with van der Waals surface area (Å²) in [6, 6.07) is 12.3. The number of nitro benzene ring substituents is 1. The molecule has 0 aliphatic heterocycles. The molecule has 1 unspecified atom stereocenters. The van der Waals surface area contributed by atoms with Gasteiger partial charge in [0.05, 0.1) is 4.92 Å². The molecule has 2 N–H and O–H groups in total. The van der Waals surface area contributed by atoms with E-state index in [4.69, 9.17) is 17.3 Å². The highest BCUT2D eigenvalue weighted by atomic mass is 35.5. The molecule has 0 bridgehead atoms. The maximum Gasteiger partial charge on any atom is 0.292 e. The van der Waals surface area contributed by atoms with Crippen LogP contribution in [0.5, 0.6) is 0 Å². The fourth-order valence-corrected chi connectivity index (χ4v) is 2.29. The van der Waals surface area contributed by atoms with Crippen LogP contribution < -0.4 is 5.73 Å². The third-order valence-corrected chi connectivity index (χ3v) is 3.47. The molecule has 2 aromatic rings. The fourth-order valence-electron chi connectivity index (χ4n) is 1.99. The van der Waals surface area contributed by atoms with Crippen molar-refractivity contribution in [3.05, 3.63) is 68.7 Å². The number of nitro groups is 1. The first-order valence-corrected chi connectivity index (χ1v) is 6.16. The quantitative estimate of drug-likeness (QED) is 0.524. The van der Waals surface area contributed by atoms with E-state index >= 15 is 0 Å². The molecule has 2 aromatic carbocycles. The van der Waals surface area contributed by atoms with Crippen LogP contribution in [0.2, 0.25) is 5.02 Å². The highest BCUT2D eigenvalue weighted by molar-refractivity contribution is 6.31. The molecule has 0 saturated heterocycles. The smallest absolute Gasteiger partial charge is 0.292 e. The molecule has 0 aliphatic carbocycles. The Bertz CT molecular complexity index is 629. The molecule has 4 nitrogen and oxygen atoms in total. The number of nitrogens with two attached hydrogens (primary N) is 1. The van der Waals surface area contributed by atoms with Crippen LogP contribution in [0.15, 0.2) is 42.5 Å². The summed E-state index contributed by atoms with van der Waals surface area (Å²) in [7, 11) is 0. The maximum absolute atomic E-state index is 10.9. The first kappa shape index (κ1) is 13.4. The van der Waals surface area contributed by atoms with Gasteiger partial charge in [0.15, 0.2) is 0 Å². The summed E-state index contributed by atoms with van der Waals surface area (Å²) < 4.78 is 0. The molecule has 98 valence electrons. The molecule has 0 radical (unpaired) electrons. The normalized spacial score (nSPS) is 12.1. The summed E-state index contributed by atoms with van der Waals surface area (Å²) in [6.07, 6.45) is 0. The van der Waals surface area contributed by atoms with Gasteiger partial charge in [-0.15, -0.1) is 0 Å². The molecule has 0 aliphatic rings. The first-order chi connectivity index (χ1) is 9.00. The van der Waals surface area contributed by atoms with Crippen LogP contribution >= 0.6 is 11.6 Å². The lowest BCUT2D eigenvalue weighted by molar-refractivity contribution is -0.384. The summed E-state index contributed by atoms with van der Waals surface area (Å²) >= 11 is 6.14. The van der Waals surface area contributed by atoms with E-state index in [0.29, 0.717) is 5.02 Å².